The highest BCUT2D eigenvalue weighted by Crippen LogP contribution is 2.22. The summed E-state index contributed by atoms with van der Waals surface area (Å²) in [4.78, 5) is 2.56. The molecule has 0 spiro atoms. The highest BCUT2D eigenvalue weighted by Gasteiger charge is 2.15. The summed E-state index contributed by atoms with van der Waals surface area (Å²) in [7, 11) is 0. The first-order valence-electron chi connectivity index (χ1n) is 7.50. The monoisotopic (exact) mass is 260 g/mol. The van der Waals surface area contributed by atoms with Crippen LogP contribution in [0.4, 0.5) is 0 Å². The molecule has 1 fully saturated rings. The van der Waals surface area contributed by atoms with E-state index in [9.17, 15) is 0 Å². The van der Waals surface area contributed by atoms with E-state index in [2.05, 4.69) is 62.2 Å². The third-order valence-electron chi connectivity index (χ3n) is 4.03. The second-order valence-electron chi connectivity index (χ2n) is 6.87. The molecular weight excluding hydrogens is 232 g/mol. The van der Waals surface area contributed by atoms with Crippen LogP contribution in [-0.4, -0.2) is 30.6 Å². The molecule has 1 N–H and O–H groups in total. The topological polar surface area (TPSA) is 15.3 Å². The van der Waals surface area contributed by atoms with Gasteiger partial charge in [-0.3, -0.25) is 4.90 Å². The normalized spacial score (nSPS) is 22.2. The molecule has 0 radical (unpaired) electrons. The largest absolute Gasteiger partial charge is 0.313 e. The van der Waals surface area contributed by atoms with Crippen molar-refractivity contribution in [1.29, 1.82) is 0 Å². The molecule has 0 aromatic heterocycles. The highest BCUT2D eigenvalue weighted by atomic mass is 15.2. The van der Waals surface area contributed by atoms with Gasteiger partial charge < -0.3 is 5.32 Å². The molecule has 1 aromatic rings. The van der Waals surface area contributed by atoms with E-state index in [0.29, 0.717) is 6.04 Å². The minimum atomic E-state index is 0.250. The minimum absolute atomic E-state index is 0.250. The fourth-order valence-electron chi connectivity index (χ4n) is 2.59. The van der Waals surface area contributed by atoms with E-state index in [1.807, 2.05) is 0 Å². The molecule has 1 aromatic carbocycles. The van der Waals surface area contributed by atoms with Gasteiger partial charge in [0.15, 0.2) is 0 Å². The van der Waals surface area contributed by atoms with Crippen LogP contribution in [0.1, 0.15) is 45.2 Å². The first-order chi connectivity index (χ1) is 8.95. The third kappa shape index (κ3) is 4.32. The van der Waals surface area contributed by atoms with Crippen LogP contribution in [0.3, 0.4) is 0 Å². The Labute approximate surface area is 118 Å². The molecule has 0 amide bonds. The van der Waals surface area contributed by atoms with Crippen LogP contribution in [0.5, 0.6) is 0 Å². The molecule has 1 aliphatic rings. The van der Waals surface area contributed by atoms with Crippen LogP contribution in [-0.2, 0) is 12.0 Å². The third-order valence-corrected chi connectivity index (χ3v) is 4.03. The Morgan fingerprint density at radius 1 is 1.16 bits per heavy atom. The van der Waals surface area contributed by atoms with Gasteiger partial charge in [0.25, 0.3) is 0 Å². The lowest BCUT2D eigenvalue weighted by Crippen LogP contribution is -2.28. The van der Waals surface area contributed by atoms with Gasteiger partial charge in [0.2, 0.25) is 0 Å². The van der Waals surface area contributed by atoms with Gasteiger partial charge in [-0.05, 0) is 29.9 Å². The lowest BCUT2D eigenvalue weighted by atomic mass is 9.87. The number of rotatable bonds is 2. The fraction of sp³-hybridized carbons (Fsp3) is 0.647. The molecule has 2 rings (SSSR count). The smallest absolute Gasteiger partial charge is 0.0234 e. The Bertz CT molecular complexity index is 389. The SMILES string of the molecule is CC1CCN(Cc2ccc(C(C)(C)C)cc2)CCN1. The summed E-state index contributed by atoms with van der Waals surface area (Å²) in [5, 5.41) is 3.55. The molecule has 0 aliphatic carbocycles. The highest BCUT2D eigenvalue weighted by molar-refractivity contribution is 5.27. The minimum Gasteiger partial charge on any atom is -0.313 e. The quantitative estimate of drug-likeness (QED) is 0.878. The Morgan fingerprint density at radius 3 is 2.47 bits per heavy atom. The zero-order valence-electron chi connectivity index (χ0n) is 12.9. The predicted molar refractivity (Wildman–Crippen MR) is 82.5 cm³/mol. The van der Waals surface area contributed by atoms with Crippen molar-refractivity contribution in [3.05, 3.63) is 35.4 Å². The van der Waals surface area contributed by atoms with E-state index in [4.69, 9.17) is 0 Å². The number of hydrogen-bond donors (Lipinski definition) is 1. The second kappa shape index (κ2) is 6.06. The zero-order chi connectivity index (χ0) is 13.9. The van der Waals surface area contributed by atoms with Crippen molar-refractivity contribution in [3.63, 3.8) is 0 Å². The summed E-state index contributed by atoms with van der Waals surface area (Å²) >= 11 is 0. The molecule has 1 aliphatic heterocycles. The Morgan fingerprint density at radius 2 is 1.84 bits per heavy atom. The number of nitrogens with one attached hydrogen (secondary N) is 1. The molecular formula is C17H28N2. The number of hydrogen-bond acceptors (Lipinski definition) is 2. The van der Waals surface area contributed by atoms with E-state index >= 15 is 0 Å². The lowest BCUT2D eigenvalue weighted by Gasteiger charge is -2.22. The molecule has 1 atom stereocenters. The van der Waals surface area contributed by atoms with E-state index < -0.39 is 0 Å². The van der Waals surface area contributed by atoms with E-state index in [1.165, 1.54) is 24.1 Å². The molecule has 1 unspecified atom stereocenters. The lowest BCUT2D eigenvalue weighted by molar-refractivity contribution is 0.282. The Balaban J connectivity index is 1.96. The molecule has 0 bridgehead atoms. The maximum Gasteiger partial charge on any atom is 0.0234 e. The maximum atomic E-state index is 3.55. The number of nitrogens with zero attached hydrogens (tertiary/aromatic N) is 1. The van der Waals surface area contributed by atoms with Crippen molar-refractivity contribution in [2.24, 2.45) is 0 Å². The van der Waals surface area contributed by atoms with Crippen molar-refractivity contribution >= 4 is 0 Å². The summed E-state index contributed by atoms with van der Waals surface area (Å²) < 4.78 is 0. The second-order valence-corrected chi connectivity index (χ2v) is 6.87. The van der Waals surface area contributed by atoms with Crippen molar-refractivity contribution in [3.8, 4) is 0 Å². The summed E-state index contributed by atoms with van der Waals surface area (Å²) in [5.41, 5.74) is 3.10. The summed E-state index contributed by atoms with van der Waals surface area (Å²) in [6.45, 7) is 13.6. The van der Waals surface area contributed by atoms with Crippen LogP contribution < -0.4 is 5.32 Å². The van der Waals surface area contributed by atoms with Crippen LogP contribution in [0.25, 0.3) is 0 Å². The summed E-state index contributed by atoms with van der Waals surface area (Å²) in [6.07, 6.45) is 1.25. The van der Waals surface area contributed by atoms with Gasteiger partial charge in [0.05, 0.1) is 0 Å². The fourth-order valence-corrected chi connectivity index (χ4v) is 2.59. The van der Waals surface area contributed by atoms with E-state index in [1.54, 1.807) is 0 Å². The molecule has 1 saturated heterocycles. The molecule has 19 heavy (non-hydrogen) atoms. The van der Waals surface area contributed by atoms with Crippen LogP contribution >= 0.6 is 0 Å². The average Bonchev–Trinajstić information content (AvgIpc) is 2.54. The summed E-state index contributed by atoms with van der Waals surface area (Å²) in [6, 6.07) is 9.82. The van der Waals surface area contributed by atoms with Gasteiger partial charge in [-0.15, -0.1) is 0 Å². The van der Waals surface area contributed by atoms with Crippen LogP contribution in [0.2, 0.25) is 0 Å². The van der Waals surface area contributed by atoms with Crippen molar-refractivity contribution in [2.75, 3.05) is 19.6 Å². The van der Waals surface area contributed by atoms with Gasteiger partial charge >= 0.3 is 0 Å². The predicted octanol–water partition coefficient (Wildman–Crippen LogP) is 3.17. The van der Waals surface area contributed by atoms with Gasteiger partial charge in [-0.2, -0.15) is 0 Å². The Kier molecular flexibility index (Phi) is 4.64. The summed E-state index contributed by atoms with van der Waals surface area (Å²) in [5.74, 6) is 0. The molecule has 0 saturated carbocycles. The molecule has 2 nitrogen and oxygen atoms in total. The Hall–Kier alpha value is -0.860. The molecule has 106 valence electrons. The van der Waals surface area contributed by atoms with E-state index in [0.717, 1.165) is 19.6 Å². The zero-order valence-corrected chi connectivity index (χ0v) is 12.9. The first kappa shape index (κ1) is 14.5. The van der Waals surface area contributed by atoms with Crippen molar-refractivity contribution in [1.82, 2.24) is 10.2 Å². The van der Waals surface area contributed by atoms with Gasteiger partial charge in [0, 0.05) is 32.2 Å². The first-order valence-corrected chi connectivity index (χ1v) is 7.50. The number of benzene rings is 1. The van der Waals surface area contributed by atoms with Crippen molar-refractivity contribution in [2.45, 2.75) is 52.1 Å². The van der Waals surface area contributed by atoms with Gasteiger partial charge in [-0.1, -0.05) is 45.0 Å². The van der Waals surface area contributed by atoms with Gasteiger partial charge in [-0.25, -0.2) is 0 Å². The maximum absolute atomic E-state index is 3.55. The standard InChI is InChI=1S/C17H28N2/c1-14-9-11-19(12-10-18-14)13-15-5-7-16(8-6-15)17(2,3)4/h5-8,14,18H,9-13H2,1-4H3. The molecule has 1 heterocycles. The molecule has 2 heteroatoms. The van der Waals surface area contributed by atoms with E-state index in [-0.39, 0.29) is 5.41 Å². The average molecular weight is 260 g/mol. The van der Waals surface area contributed by atoms with Crippen LogP contribution in [0, 0.1) is 0 Å². The van der Waals surface area contributed by atoms with Crippen molar-refractivity contribution < 1.29 is 0 Å². The van der Waals surface area contributed by atoms with Gasteiger partial charge in [0.1, 0.15) is 0 Å². The van der Waals surface area contributed by atoms with Crippen LogP contribution in [0.15, 0.2) is 24.3 Å².